The Bertz CT molecular complexity index is 1350. The van der Waals surface area contributed by atoms with Gasteiger partial charge in [0, 0.05) is 13.1 Å². The molecule has 0 saturated heterocycles. The first-order chi connectivity index (χ1) is 16.5. The first-order valence-corrected chi connectivity index (χ1v) is 13.1. The molecule has 22 heteroatoms. The molecule has 0 saturated carbocycles. The van der Waals surface area contributed by atoms with Gasteiger partial charge in [-0.05, 0) is 23.4 Å². The Kier molecular flexibility index (Phi) is 8.62. The molecule has 0 aliphatic rings. The van der Waals surface area contributed by atoms with E-state index in [2.05, 4.69) is 65.6 Å². The molecular weight excluding hydrogens is 534 g/mol. The number of rotatable bonds is 13. The van der Waals surface area contributed by atoms with Crippen LogP contribution in [0.5, 0.6) is 0 Å². The predicted octanol–water partition coefficient (Wildman–Crippen LogP) is -0.492. The summed E-state index contributed by atoms with van der Waals surface area (Å²) in [7, 11) is -7.97. The van der Waals surface area contributed by atoms with Crippen molar-refractivity contribution in [2.75, 3.05) is 35.3 Å². The lowest BCUT2D eigenvalue weighted by atomic mass is 10.3. The van der Waals surface area contributed by atoms with Crippen molar-refractivity contribution in [2.24, 2.45) is 0 Å². The highest BCUT2D eigenvalue weighted by Crippen LogP contribution is 2.32. The topological polar surface area (TPSA) is 268 Å². The Morgan fingerprint density at radius 2 is 1.74 bits per heavy atom. The van der Waals surface area contributed by atoms with Crippen LogP contribution in [0.2, 0.25) is 0 Å². The maximum atomic E-state index is 11.6. The summed E-state index contributed by atoms with van der Waals surface area (Å²) in [5.41, 5.74) is 0.0311. The molecule has 1 aromatic carbocycles. The summed E-state index contributed by atoms with van der Waals surface area (Å²) in [5.74, 6) is -0.204. The maximum Gasteiger partial charge on any atom is 0.294 e. The van der Waals surface area contributed by atoms with E-state index in [1.165, 1.54) is 6.07 Å². The van der Waals surface area contributed by atoms with Crippen LogP contribution >= 0.6 is 12.0 Å². The van der Waals surface area contributed by atoms with Crippen LogP contribution in [0.15, 0.2) is 28.0 Å². The van der Waals surface area contributed by atoms with Gasteiger partial charge in [0.25, 0.3) is 16.1 Å². The molecule has 0 unspecified atom stereocenters. The molecule has 2 aromatic heterocycles. The molecule has 35 heavy (non-hydrogen) atoms. The quantitative estimate of drug-likeness (QED) is 0.0464. The molecule has 0 fully saturated rings. The lowest BCUT2D eigenvalue weighted by Crippen LogP contribution is -2.28. The van der Waals surface area contributed by atoms with Crippen LogP contribution in [0.4, 0.5) is 29.5 Å². The smallest absolute Gasteiger partial charge is 0.294 e. The van der Waals surface area contributed by atoms with E-state index in [-0.39, 0.29) is 47.5 Å². The highest BCUT2D eigenvalue weighted by atomic mass is 32.2. The van der Waals surface area contributed by atoms with Crippen LogP contribution in [0.1, 0.15) is 0 Å². The zero-order valence-electron chi connectivity index (χ0n) is 17.4. The van der Waals surface area contributed by atoms with Gasteiger partial charge in [-0.1, -0.05) is 10.1 Å². The maximum absolute atomic E-state index is 11.6. The van der Waals surface area contributed by atoms with Gasteiger partial charge in [0.15, 0.2) is 0 Å². The van der Waals surface area contributed by atoms with E-state index in [0.717, 1.165) is 18.4 Å². The highest BCUT2D eigenvalue weighted by Gasteiger charge is 2.16. The molecule has 0 amide bonds. The molecule has 0 atom stereocenters. The second-order valence-electron chi connectivity index (χ2n) is 6.24. The summed E-state index contributed by atoms with van der Waals surface area (Å²) < 4.78 is 61.6. The van der Waals surface area contributed by atoms with E-state index in [4.69, 9.17) is 5.26 Å². The molecule has 7 N–H and O–H groups in total. The number of nitrogens with zero attached hydrogens (tertiary/aromatic N) is 6. The van der Waals surface area contributed by atoms with Crippen molar-refractivity contribution in [2.45, 2.75) is 9.79 Å². The fraction of sp³-hybridized carbons (Fsp3) is 0.231. The van der Waals surface area contributed by atoms with Crippen LogP contribution in [0.25, 0.3) is 0 Å². The Morgan fingerprint density at radius 1 is 1.03 bits per heavy atom. The monoisotopic (exact) mass is 551 g/mol. The molecule has 0 bridgehead atoms. The molecule has 3 aromatic rings. The molecule has 19 nitrogen and oxygen atoms in total. The van der Waals surface area contributed by atoms with Gasteiger partial charge in [-0.25, -0.2) is 18.4 Å². The summed E-state index contributed by atoms with van der Waals surface area (Å²) in [6, 6.07) is 3.39. The van der Waals surface area contributed by atoms with Gasteiger partial charge >= 0.3 is 0 Å². The average molecular weight is 552 g/mol. The summed E-state index contributed by atoms with van der Waals surface area (Å²) in [6.07, 6.45) is 1.01. The first-order valence-electron chi connectivity index (χ1n) is 9.02. The number of nitrogens with one attached hydrogen (secondary N) is 5. The van der Waals surface area contributed by atoms with E-state index in [1.807, 2.05) is 0 Å². The van der Waals surface area contributed by atoms with Crippen molar-refractivity contribution >= 4 is 61.7 Å². The second kappa shape index (κ2) is 11.5. The van der Waals surface area contributed by atoms with Crippen LogP contribution in [0, 0.1) is 0 Å². The third-order valence-corrected chi connectivity index (χ3v) is 5.87. The standard InChI is InChI=1S/C13H17N11O8S3/c1-34(26,27)15-5-4-14-10-17-11(19-12(18-10)20-13-21-23-24-22-13)16-8-6-7(35(28,29)30)2-3-9(8)33-32-31-25/h2-3,6,15,25H,4-5H2,1H3,(H,28,29,30)(H4,14,16,17,18,19,20,21,22,23,24). The molecule has 3 rings (SSSR count). The lowest BCUT2D eigenvalue weighted by molar-refractivity contribution is -0.432. The molecule has 0 aliphatic carbocycles. The van der Waals surface area contributed by atoms with Crippen molar-refractivity contribution < 1.29 is 36.0 Å². The van der Waals surface area contributed by atoms with Gasteiger partial charge < -0.3 is 10.6 Å². The Labute approximate surface area is 201 Å². The predicted molar refractivity (Wildman–Crippen MR) is 119 cm³/mol. The summed E-state index contributed by atoms with van der Waals surface area (Å²) in [6.45, 7) is 0.121. The van der Waals surface area contributed by atoms with Gasteiger partial charge in [0.05, 0.1) is 33.8 Å². The van der Waals surface area contributed by atoms with Crippen LogP contribution in [0.3, 0.4) is 0 Å². The fourth-order valence-electron chi connectivity index (χ4n) is 2.30. The van der Waals surface area contributed by atoms with E-state index >= 15 is 0 Å². The number of hydrogen-bond donors (Lipinski definition) is 7. The Hall–Kier alpha value is -3.25. The third kappa shape index (κ3) is 8.48. The number of sulfonamides is 1. The van der Waals surface area contributed by atoms with Gasteiger partial charge in [0.1, 0.15) is 0 Å². The van der Waals surface area contributed by atoms with Crippen LogP contribution < -0.4 is 20.7 Å². The molecular formula is C13H17N11O8S3. The molecule has 190 valence electrons. The number of tetrazole rings is 1. The third-order valence-electron chi connectivity index (χ3n) is 3.63. The van der Waals surface area contributed by atoms with Crippen molar-refractivity contribution in [3.63, 3.8) is 0 Å². The zero-order valence-corrected chi connectivity index (χ0v) is 19.8. The number of aromatic nitrogens is 7. The number of benzene rings is 1. The Balaban J connectivity index is 1.91. The van der Waals surface area contributed by atoms with Crippen molar-refractivity contribution in [1.29, 1.82) is 0 Å². The van der Waals surface area contributed by atoms with Crippen molar-refractivity contribution in [3.8, 4) is 0 Å². The minimum atomic E-state index is -4.56. The van der Waals surface area contributed by atoms with Gasteiger partial charge in [0.2, 0.25) is 27.9 Å². The van der Waals surface area contributed by atoms with Crippen LogP contribution in [-0.2, 0) is 29.5 Å². The van der Waals surface area contributed by atoms with Crippen molar-refractivity contribution in [3.05, 3.63) is 18.2 Å². The first kappa shape index (κ1) is 26.4. The fourth-order valence-corrected chi connectivity index (χ4v) is 3.71. The normalized spacial score (nSPS) is 11.9. The molecule has 2 heterocycles. The number of hydrogen-bond acceptors (Lipinski definition) is 17. The van der Waals surface area contributed by atoms with Gasteiger partial charge in [-0.2, -0.15) is 28.6 Å². The summed E-state index contributed by atoms with van der Waals surface area (Å²) >= 11 is 0.506. The highest BCUT2D eigenvalue weighted by molar-refractivity contribution is 7.94. The van der Waals surface area contributed by atoms with Gasteiger partial charge in [-0.3, -0.25) is 9.87 Å². The van der Waals surface area contributed by atoms with Crippen LogP contribution in [-0.4, -0.2) is 81.6 Å². The van der Waals surface area contributed by atoms with E-state index in [9.17, 15) is 21.4 Å². The Morgan fingerprint density at radius 3 is 2.37 bits per heavy atom. The molecule has 0 spiro atoms. The zero-order chi connectivity index (χ0) is 25.5. The summed E-state index contributed by atoms with van der Waals surface area (Å²) in [4.78, 5) is 12.1. The van der Waals surface area contributed by atoms with E-state index < -0.39 is 25.0 Å². The minimum Gasteiger partial charge on any atom is -0.353 e. The van der Waals surface area contributed by atoms with E-state index in [0.29, 0.717) is 12.0 Å². The largest absolute Gasteiger partial charge is 0.353 e. The molecule has 0 aliphatic heterocycles. The molecule has 0 radical (unpaired) electrons. The number of anilines is 5. The minimum absolute atomic E-state index is 0.0149. The second-order valence-corrected chi connectivity index (χ2v) is 10.2. The SMILES string of the molecule is CS(=O)(=O)NCCNc1nc(Nc2nn[nH]n2)nc(Nc2cc(S(=O)(=O)O)ccc2SOOO)n1. The van der Waals surface area contributed by atoms with E-state index in [1.54, 1.807) is 0 Å². The number of aromatic amines is 1. The average Bonchev–Trinajstić information content (AvgIpc) is 3.27. The van der Waals surface area contributed by atoms with Gasteiger partial charge in [-0.15, -0.1) is 9.43 Å². The summed E-state index contributed by atoms with van der Waals surface area (Å²) in [5, 5.41) is 33.2. The lowest BCUT2D eigenvalue weighted by Gasteiger charge is -2.13. The number of H-pyrrole nitrogens is 1. The van der Waals surface area contributed by atoms with Crippen molar-refractivity contribution in [1.82, 2.24) is 40.3 Å².